The van der Waals surface area contributed by atoms with E-state index in [4.69, 9.17) is 4.74 Å². The van der Waals surface area contributed by atoms with Gasteiger partial charge in [-0.2, -0.15) is 0 Å². The minimum Gasteiger partial charge on any atom is -0.488 e. The lowest BCUT2D eigenvalue weighted by Gasteiger charge is -2.22. The van der Waals surface area contributed by atoms with Crippen molar-refractivity contribution < 1.29 is 9.53 Å². The van der Waals surface area contributed by atoms with Gasteiger partial charge in [-0.05, 0) is 49.3 Å². The van der Waals surface area contributed by atoms with E-state index in [2.05, 4.69) is 31.3 Å². The van der Waals surface area contributed by atoms with Crippen molar-refractivity contribution in [1.82, 2.24) is 5.32 Å². The smallest absolute Gasteiger partial charge is 0.261 e. The fourth-order valence-electron chi connectivity index (χ4n) is 3.26. The number of carbonyl (C=O) groups excluding carboxylic acids is 1. The summed E-state index contributed by atoms with van der Waals surface area (Å²) in [5, 5.41) is 5.19. The fraction of sp³-hybridized carbons (Fsp3) is 0.450. The van der Waals surface area contributed by atoms with Crippen molar-refractivity contribution in [2.75, 3.05) is 0 Å². The minimum atomic E-state index is 0.0604. The van der Waals surface area contributed by atoms with Gasteiger partial charge < -0.3 is 10.1 Å². The quantitative estimate of drug-likeness (QED) is 0.829. The molecule has 1 aromatic carbocycles. The summed E-state index contributed by atoms with van der Waals surface area (Å²) in [7, 11) is 0. The third-order valence-electron chi connectivity index (χ3n) is 4.61. The minimum absolute atomic E-state index is 0.0604. The van der Waals surface area contributed by atoms with Gasteiger partial charge in [-0.15, -0.1) is 11.3 Å². The van der Waals surface area contributed by atoms with E-state index in [0.717, 1.165) is 40.2 Å². The molecule has 3 rings (SSSR count). The van der Waals surface area contributed by atoms with Crippen molar-refractivity contribution >= 4 is 17.2 Å². The van der Waals surface area contributed by atoms with Gasteiger partial charge in [0.1, 0.15) is 12.4 Å². The molecule has 1 aliphatic carbocycles. The van der Waals surface area contributed by atoms with Crippen LogP contribution in [0, 0.1) is 13.8 Å². The summed E-state index contributed by atoms with van der Waals surface area (Å²) in [6.45, 7) is 4.61. The Morgan fingerprint density at radius 1 is 1.21 bits per heavy atom. The second-order valence-corrected chi connectivity index (χ2v) is 7.55. The van der Waals surface area contributed by atoms with Gasteiger partial charge in [-0.1, -0.05) is 37.5 Å². The van der Waals surface area contributed by atoms with Crippen LogP contribution in [0.15, 0.2) is 29.6 Å². The van der Waals surface area contributed by atoms with Gasteiger partial charge in [0, 0.05) is 11.6 Å². The molecule has 2 aromatic rings. The zero-order chi connectivity index (χ0) is 16.9. The zero-order valence-corrected chi connectivity index (χ0v) is 15.2. The van der Waals surface area contributed by atoms with Crippen LogP contribution in [0.1, 0.15) is 58.5 Å². The molecule has 24 heavy (non-hydrogen) atoms. The Bertz CT molecular complexity index is 681. The summed E-state index contributed by atoms with van der Waals surface area (Å²) in [6.07, 6.45) is 5.97. The van der Waals surface area contributed by atoms with E-state index in [9.17, 15) is 4.79 Å². The summed E-state index contributed by atoms with van der Waals surface area (Å²) in [4.78, 5) is 13.1. The van der Waals surface area contributed by atoms with Crippen LogP contribution in [0.25, 0.3) is 0 Å². The van der Waals surface area contributed by atoms with Crippen LogP contribution in [-0.4, -0.2) is 11.9 Å². The van der Waals surface area contributed by atoms with E-state index >= 15 is 0 Å². The van der Waals surface area contributed by atoms with Crippen LogP contribution in [0.4, 0.5) is 0 Å². The first-order chi connectivity index (χ1) is 11.6. The lowest BCUT2D eigenvalue weighted by Crippen LogP contribution is -2.35. The number of nitrogens with one attached hydrogen (secondary N) is 1. The number of thiophene rings is 1. The second-order valence-electron chi connectivity index (χ2n) is 6.64. The monoisotopic (exact) mass is 343 g/mol. The molecule has 1 N–H and O–H groups in total. The number of benzene rings is 1. The van der Waals surface area contributed by atoms with Crippen molar-refractivity contribution in [1.29, 1.82) is 0 Å². The van der Waals surface area contributed by atoms with E-state index in [-0.39, 0.29) is 5.91 Å². The molecule has 1 saturated carbocycles. The first-order valence-electron chi connectivity index (χ1n) is 8.71. The van der Waals surface area contributed by atoms with Gasteiger partial charge in [0.15, 0.2) is 0 Å². The maximum atomic E-state index is 12.4. The average Bonchev–Trinajstić information content (AvgIpc) is 3.04. The summed E-state index contributed by atoms with van der Waals surface area (Å²) >= 11 is 1.50. The number of rotatable bonds is 5. The van der Waals surface area contributed by atoms with Crippen molar-refractivity contribution in [3.8, 4) is 5.75 Å². The molecular formula is C20H25NO2S. The predicted molar refractivity (Wildman–Crippen MR) is 98.9 cm³/mol. The second kappa shape index (κ2) is 7.84. The van der Waals surface area contributed by atoms with Crippen molar-refractivity contribution in [2.24, 2.45) is 0 Å². The molecule has 4 heteroatoms. The fourth-order valence-corrected chi connectivity index (χ4v) is 4.06. The predicted octanol–water partition coefficient (Wildman–Crippen LogP) is 5.01. The Morgan fingerprint density at radius 3 is 2.62 bits per heavy atom. The van der Waals surface area contributed by atoms with Crippen LogP contribution in [0.5, 0.6) is 5.75 Å². The SMILES string of the molecule is Cc1cccc(C)c1OCc1csc(C(=O)NC2CCCCC2)c1. The number of hydrogen-bond donors (Lipinski definition) is 1. The lowest BCUT2D eigenvalue weighted by molar-refractivity contribution is 0.0932. The van der Waals surface area contributed by atoms with Crippen LogP contribution >= 0.6 is 11.3 Å². The van der Waals surface area contributed by atoms with E-state index in [1.54, 1.807) is 0 Å². The molecule has 3 nitrogen and oxygen atoms in total. The molecule has 1 heterocycles. The van der Waals surface area contributed by atoms with Crippen molar-refractivity contribution in [3.63, 3.8) is 0 Å². The highest BCUT2D eigenvalue weighted by Crippen LogP contribution is 2.25. The summed E-state index contributed by atoms with van der Waals surface area (Å²) in [5.41, 5.74) is 3.33. The number of para-hydroxylation sites is 1. The molecule has 0 unspecified atom stereocenters. The van der Waals surface area contributed by atoms with Crippen LogP contribution in [0.2, 0.25) is 0 Å². The molecule has 0 bridgehead atoms. The number of aryl methyl sites for hydroxylation is 2. The summed E-state index contributed by atoms with van der Waals surface area (Å²) in [5.74, 6) is 1.00. The summed E-state index contributed by atoms with van der Waals surface area (Å²) in [6, 6.07) is 8.45. The molecule has 0 aliphatic heterocycles. The molecule has 0 atom stereocenters. The topological polar surface area (TPSA) is 38.3 Å². The first kappa shape index (κ1) is 17.0. The maximum absolute atomic E-state index is 12.4. The third kappa shape index (κ3) is 4.18. The van der Waals surface area contributed by atoms with Gasteiger partial charge in [0.2, 0.25) is 0 Å². The number of hydrogen-bond acceptors (Lipinski definition) is 3. The van der Waals surface area contributed by atoms with Gasteiger partial charge in [0.05, 0.1) is 4.88 Å². The molecule has 1 amide bonds. The standard InChI is InChI=1S/C20H25NO2S/c1-14-7-6-8-15(2)19(14)23-12-16-11-18(24-13-16)20(22)21-17-9-4-3-5-10-17/h6-8,11,13,17H,3-5,9-10,12H2,1-2H3,(H,21,22). The Morgan fingerprint density at radius 2 is 1.92 bits per heavy atom. The Balaban J connectivity index is 1.58. The van der Waals surface area contributed by atoms with E-state index in [1.165, 1.54) is 30.6 Å². The van der Waals surface area contributed by atoms with E-state index in [1.807, 2.05) is 17.5 Å². The highest BCUT2D eigenvalue weighted by molar-refractivity contribution is 7.12. The largest absolute Gasteiger partial charge is 0.488 e. The van der Waals surface area contributed by atoms with Crippen molar-refractivity contribution in [3.05, 3.63) is 51.2 Å². The van der Waals surface area contributed by atoms with Crippen molar-refractivity contribution in [2.45, 2.75) is 58.6 Å². The summed E-state index contributed by atoms with van der Waals surface area (Å²) < 4.78 is 5.97. The zero-order valence-electron chi connectivity index (χ0n) is 14.4. The first-order valence-corrected chi connectivity index (χ1v) is 9.59. The van der Waals surface area contributed by atoms with E-state index < -0.39 is 0 Å². The Kier molecular flexibility index (Phi) is 5.56. The average molecular weight is 343 g/mol. The molecule has 128 valence electrons. The Hall–Kier alpha value is -1.81. The van der Waals surface area contributed by atoms with Crippen LogP contribution < -0.4 is 10.1 Å². The van der Waals surface area contributed by atoms with Crippen LogP contribution in [-0.2, 0) is 6.61 Å². The molecule has 1 aromatic heterocycles. The molecule has 0 spiro atoms. The van der Waals surface area contributed by atoms with E-state index in [0.29, 0.717) is 12.6 Å². The molecule has 0 radical (unpaired) electrons. The van der Waals surface area contributed by atoms with Crippen LogP contribution in [0.3, 0.4) is 0 Å². The van der Waals surface area contributed by atoms with Gasteiger partial charge in [-0.3, -0.25) is 4.79 Å². The third-order valence-corrected chi connectivity index (χ3v) is 5.59. The lowest BCUT2D eigenvalue weighted by atomic mass is 9.95. The Labute approximate surface area is 148 Å². The number of carbonyl (C=O) groups is 1. The number of amides is 1. The molecule has 0 saturated heterocycles. The highest BCUT2D eigenvalue weighted by atomic mass is 32.1. The normalized spacial score (nSPS) is 15.2. The van der Waals surface area contributed by atoms with Gasteiger partial charge in [0.25, 0.3) is 5.91 Å². The molecule has 1 aliphatic rings. The molecular weight excluding hydrogens is 318 g/mol. The number of ether oxygens (including phenoxy) is 1. The highest BCUT2D eigenvalue weighted by Gasteiger charge is 2.17. The van der Waals surface area contributed by atoms with Gasteiger partial charge in [-0.25, -0.2) is 0 Å². The van der Waals surface area contributed by atoms with Gasteiger partial charge >= 0.3 is 0 Å². The molecule has 1 fully saturated rings. The maximum Gasteiger partial charge on any atom is 0.261 e.